The minimum absolute atomic E-state index is 0.954. The number of nitrogens with zero attached hydrogens (tertiary/aromatic N) is 2. The first-order chi connectivity index (χ1) is 8.42. The highest BCUT2D eigenvalue weighted by molar-refractivity contribution is 5.29. The minimum atomic E-state index is 0.954. The summed E-state index contributed by atoms with van der Waals surface area (Å²) in [6.45, 7) is 3.13. The van der Waals surface area contributed by atoms with E-state index in [0.717, 1.165) is 31.7 Å². The van der Waals surface area contributed by atoms with E-state index in [1.165, 1.54) is 11.1 Å². The fourth-order valence-corrected chi connectivity index (χ4v) is 2.41. The van der Waals surface area contributed by atoms with Gasteiger partial charge in [0.2, 0.25) is 0 Å². The Kier molecular flexibility index (Phi) is 2.88. The van der Waals surface area contributed by atoms with Crippen molar-refractivity contribution in [2.75, 3.05) is 6.54 Å². The van der Waals surface area contributed by atoms with Crippen LogP contribution < -0.4 is 0 Å². The lowest BCUT2D eigenvalue weighted by Crippen LogP contribution is -2.30. The molecule has 1 aromatic carbocycles. The molecule has 0 saturated heterocycles. The van der Waals surface area contributed by atoms with Crippen LogP contribution in [0.3, 0.4) is 0 Å². The van der Waals surface area contributed by atoms with Crippen molar-refractivity contribution < 1.29 is 0 Å². The summed E-state index contributed by atoms with van der Waals surface area (Å²) in [5.74, 6) is 0. The normalized spacial score (nSPS) is 15.5. The number of hydrogen-bond donors (Lipinski definition) is 0. The summed E-state index contributed by atoms with van der Waals surface area (Å²) in [6, 6.07) is 14.9. The summed E-state index contributed by atoms with van der Waals surface area (Å²) in [5, 5.41) is 0. The van der Waals surface area contributed by atoms with Crippen LogP contribution in [0.15, 0.2) is 48.7 Å². The molecule has 0 unspecified atom stereocenters. The number of rotatable bonds is 2. The van der Waals surface area contributed by atoms with E-state index in [9.17, 15) is 0 Å². The van der Waals surface area contributed by atoms with E-state index in [1.807, 2.05) is 12.3 Å². The maximum atomic E-state index is 4.39. The highest BCUT2D eigenvalue weighted by atomic mass is 15.1. The van der Waals surface area contributed by atoms with Crippen LogP contribution >= 0.6 is 0 Å². The van der Waals surface area contributed by atoms with Crippen LogP contribution in [0.4, 0.5) is 0 Å². The molecule has 1 aromatic heterocycles. The lowest BCUT2D eigenvalue weighted by molar-refractivity contribution is 0.242. The summed E-state index contributed by atoms with van der Waals surface area (Å²) in [6.07, 6.45) is 3.02. The van der Waals surface area contributed by atoms with Crippen LogP contribution in [0.25, 0.3) is 0 Å². The van der Waals surface area contributed by atoms with E-state index in [4.69, 9.17) is 0 Å². The van der Waals surface area contributed by atoms with Crippen LogP contribution in [-0.4, -0.2) is 16.4 Å². The second-order valence-electron chi connectivity index (χ2n) is 4.55. The predicted octanol–water partition coefficient (Wildman–Crippen LogP) is 2.64. The molecule has 0 fully saturated rings. The molecule has 0 amide bonds. The predicted molar refractivity (Wildman–Crippen MR) is 68.5 cm³/mol. The van der Waals surface area contributed by atoms with Crippen molar-refractivity contribution in [2.45, 2.75) is 19.5 Å². The maximum Gasteiger partial charge on any atom is 0.0544 e. The van der Waals surface area contributed by atoms with Crippen LogP contribution in [0, 0.1) is 0 Å². The van der Waals surface area contributed by atoms with Gasteiger partial charge in [0.15, 0.2) is 0 Å². The molecule has 0 bridgehead atoms. The van der Waals surface area contributed by atoms with Crippen molar-refractivity contribution in [3.63, 3.8) is 0 Å². The van der Waals surface area contributed by atoms with Gasteiger partial charge in [-0.05, 0) is 29.7 Å². The number of pyridine rings is 1. The largest absolute Gasteiger partial charge is 0.293 e. The Labute approximate surface area is 102 Å². The van der Waals surface area contributed by atoms with E-state index >= 15 is 0 Å². The lowest BCUT2D eigenvalue weighted by Gasteiger charge is -2.28. The van der Waals surface area contributed by atoms with Gasteiger partial charge in [0.05, 0.1) is 5.69 Å². The van der Waals surface area contributed by atoms with E-state index in [2.05, 4.69) is 46.3 Å². The highest BCUT2D eigenvalue weighted by Gasteiger charge is 2.15. The van der Waals surface area contributed by atoms with E-state index in [0.29, 0.717) is 0 Å². The van der Waals surface area contributed by atoms with Crippen LogP contribution in [0.5, 0.6) is 0 Å². The summed E-state index contributed by atoms with van der Waals surface area (Å²) in [7, 11) is 0. The van der Waals surface area contributed by atoms with Crippen molar-refractivity contribution in [1.82, 2.24) is 9.88 Å². The molecule has 0 radical (unpaired) electrons. The van der Waals surface area contributed by atoms with E-state index in [1.54, 1.807) is 0 Å². The standard InChI is InChI=1S/C15H16N2/c1-2-6-14-11-17(10-8-13(14)5-1)12-15-7-3-4-9-16-15/h1-7,9H,8,10-12H2. The number of aromatic nitrogens is 1. The van der Waals surface area contributed by atoms with E-state index < -0.39 is 0 Å². The molecule has 1 aliphatic rings. The van der Waals surface area contributed by atoms with Crippen molar-refractivity contribution in [3.8, 4) is 0 Å². The van der Waals surface area contributed by atoms with Gasteiger partial charge >= 0.3 is 0 Å². The monoisotopic (exact) mass is 224 g/mol. The first kappa shape index (κ1) is 10.5. The molecule has 86 valence electrons. The molecule has 0 aliphatic carbocycles. The Morgan fingerprint density at radius 3 is 2.65 bits per heavy atom. The van der Waals surface area contributed by atoms with Crippen molar-refractivity contribution in [1.29, 1.82) is 0 Å². The number of fused-ring (bicyclic) bond motifs is 1. The molecular formula is C15H16N2. The first-order valence-corrected chi connectivity index (χ1v) is 6.11. The molecule has 2 heterocycles. The Hall–Kier alpha value is -1.67. The van der Waals surface area contributed by atoms with Crippen LogP contribution in [-0.2, 0) is 19.5 Å². The van der Waals surface area contributed by atoms with Gasteiger partial charge in [-0.1, -0.05) is 30.3 Å². The quantitative estimate of drug-likeness (QED) is 0.779. The Morgan fingerprint density at radius 2 is 1.82 bits per heavy atom. The fraction of sp³-hybridized carbons (Fsp3) is 0.267. The molecule has 0 atom stereocenters. The molecule has 1 aliphatic heterocycles. The van der Waals surface area contributed by atoms with Gasteiger partial charge in [0.25, 0.3) is 0 Å². The average Bonchev–Trinajstić information content (AvgIpc) is 2.40. The zero-order valence-corrected chi connectivity index (χ0v) is 9.84. The Morgan fingerprint density at radius 1 is 1.00 bits per heavy atom. The van der Waals surface area contributed by atoms with Gasteiger partial charge in [-0.25, -0.2) is 0 Å². The summed E-state index contributed by atoms with van der Waals surface area (Å²) in [5.41, 5.74) is 4.13. The van der Waals surface area contributed by atoms with Gasteiger partial charge in [-0.15, -0.1) is 0 Å². The summed E-state index contributed by atoms with van der Waals surface area (Å²) >= 11 is 0. The second kappa shape index (κ2) is 4.68. The third-order valence-corrected chi connectivity index (χ3v) is 3.32. The van der Waals surface area contributed by atoms with Gasteiger partial charge in [0.1, 0.15) is 0 Å². The second-order valence-corrected chi connectivity index (χ2v) is 4.55. The highest BCUT2D eigenvalue weighted by Crippen LogP contribution is 2.19. The van der Waals surface area contributed by atoms with Crippen molar-refractivity contribution in [3.05, 3.63) is 65.5 Å². The first-order valence-electron chi connectivity index (χ1n) is 6.11. The fourth-order valence-electron chi connectivity index (χ4n) is 2.41. The molecule has 3 rings (SSSR count). The SMILES string of the molecule is c1ccc(CN2CCc3ccccc3C2)nc1. The molecule has 2 heteroatoms. The number of benzene rings is 1. The third-order valence-electron chi connectivity index (χ3n) is 3.32. The Bertz CT molecular complexity index is 493. The van der Waals surface area contributed by atoms with E-state index in [-0.39, 0.29) is 0 Å². The Balaban J connectivity index is 1.72. The minimum Gasteiger partial charge on any atom is -0.293 e. The van der Waals surface area contributed by atoms with Crippen LogP contribution in [0.2, 0.25) is 0 Å². The maximum absolute atomic E-state index is 4.39. The van der Waals surface area contributed by atoms with Gasteiger partial charge < -0.3 is 0 Å². The number of hydrogen-bond acceptors (Lipinski definition) is 2. The molecule has 0 spiro atoms. The lowest BCUT2D eigenvalue weighted by atomic mass is 10.00. The molecule has 2 nitrogen and oxygen atoms in total. The zero-order chi connectivity index (χ0) is 11.5. The molecule has 2 aromatic rings. The van der Waals surface area contributed by atoms with Gasteiger partial charge in [-0.3, -0.25) is 9.88 Å². The molecule has 0 N–H and O–H groups in total. The van der Waals surface area contributed by atoms with Crippen molar-refractivity contribution >= 4 is 0 Å². The summed E-state index contributed by atoms with van der Waals surface area (Å²) in [4.78, 5) is 6.85. The van der Waals surface area contributed by atoms with Gasteiger partial charge in [0, 0.05) is 25.8 Å². The smallest absolute Gasteiger partial charge is 0.0544 e. The topological polar surface area (TPSA) is 16.1 Å². The summed E-state index contributed by atoms with van der Waals surface area (Å²) < 4.78 is 0. The van der Waals surface area contributed by atoms with Crippen molar-refractivity contribution in [2.24, 2.45) is 0 Å². The third kappa shape index (κ3) is 2.37. The molecular weight excluding hydrogens is 208 g/mol. The average molecular weight is 224 g/mol. The van der Waals surface area contributed by atoms with Gasteiger partial charge in [-0.2, -0.15) is 0 Å². The zero-order valence-electron chi connectivity index (χ0n) is 9.84. The molecule has 0 saturated carbocycles. The molecule has 17 heavy (non-hydrogen) atoms. The van der Waals surface area contributed by atoms with Crippen LogP contribution in [0.1, 0.15) is 16.8 Å².